The van der Waals surface area contributed by atoms with E-state index in [-0.39, 0.29) is 16.5 Å². The second-order valence-corrected chi connectivity index (χ2v) is 7.27. The van der Waals surface area contributed by atoms with Crippen LogP contribution in [0.25, 0.3) is 0 Å². The Balaban J connectivity index is 2.25. The lowest BCUT2D eigenvalue weighted by molar-refractivity contribution is -0.127. The van der Waals surface area contributed by atoms with Crippen LogP contribution in [0.5, 0.6) is 0 Å². The van der Waals surface area contributed by atoms with Gasteiger partial charge in [0.15, 0.2) is 9.84 Å². The topological polar surface area (TPSA) is 91.8 Å². The number of nitrogens with zero attached hydrogens (tertiary/aromatic N) is 1. The Morgan fingerprint density at radius 1 is 1.33 bits per heavy atom. The van der Waals surface area contributed by atoms with Gasteiger partial charge in [0.25, 0.3) is 0 Å². The Kier molecular flexibility index (Phi) is 4.04. The highest BCUT2D eigenvalue weighted by molar-refractivity contribution is 7.92. The molecule has 114 valence electrons. The summed E-state index contributed by atoms with van der Waals surface area (Å²) in [6.45, 7) is 1.59. The molecule has 1 aromatic carbocycles. The standard InChI is InChI=1S/C14H17NO5S/c1-9-3-6-11(7-12(9)14(17)18)21(19,20)8-13(16)15(2)10-4-5-10/h3,6-7,10H,4-5,8H2,1-2H3,(H,17,18). The number of benzene rings is 1. The molecule has 0 aliphatic heterocycles. The highest BCUT2D eigenvalue weighted by Gasteiger charge is 2.32. The number of carboxylic acid groups (broad SMARTS) is 1. The van der Waals surface area contributed by atoms with Crippen molar-refractivity contribution in [1.82, 2.24) is 4.90 Å². The fourth-order valence-electron chi connectivity index (χ4n) is 2.04. The van der Waals surface area contributed by atoms with E-state index in [2.05, 4.69) is 0 Å². The van der Waals surface area contributed by atoms with Gasteiger partial charge in [-0.25, -0.2) is 13.2 Å². The van der Waals surface area contributed by atoms with E-state index >= 15 is 0 Å². The molecule has 0 aromatic heterocycles. The van der Waals surface area contributed by atoms with Crippen LogP contribution >= 0.6 is 0 Å². The lowest BCUT2D eigenvalue weighted by Gasteiger charge is -2.16. The van der Waals surface area contributed by atoms with Crippen LogP contribution in [0.15, 0.2) is 23.1 Å². The van der Waals surface area contributed by atoms with Gasteiger partial charge < -0.3 is 10.0 Å². The Hall–Kier alpha value is -1.89. The van der Waals surface area contributed by atoms with Gasteiger partial charge in [-0.2, -0.15) is 0 Å². The van der Waals surface area contributed by atoms with Crippen molar-refractivity contribution in [2.45, 2.75) is 30.7 Å². The molecule has 1 aliphatic carbocycles. The molecule has 6 nitrogen and oxygen atoms in total. The SMILES string of the molecule is Cc1ccc(S(=O)(=O)CC(=O)N(C)C2CC2)cc1C(=O)O. The van der Waals surface area contributed by atoms with E-state index in [4.69, 9.17) is 5.11 Å². The van der Waals surface area contributed by atoms with Crippen molar-refractivity contribution in [2.24, 2.45) is 0 Å². The number of aromatic carboxylic acids is 1. The fraction of sp³-hybridized carbons (Fsp3) is 0.429. The molecular formula is C14H17NO5S. The third kappa shape index (κ3) is 3.41. The lowest BCUT2D eigenvalue weighted by Crippen LogP contribution is -2.34. The van der Waals surface area contributed by atoms with Crippen molar-refractivity contribution >= 4 is 21.7 Å². The third-order valence-corrected chi connectivity index (χ3v) is 5.20. The summed E-state index contributed by atoms with van der Waals surface area (Å²) >= 11 is 0. The summed E-state index contributed by atoms with van der Waals surface area (Å²) in [5, 5.41) is 9.04. The van der Waals surface area contributed by atoms with Crippen LogP contribution < -0.4 is 0 Å². The number of carbonyl (C=O) groups excluding carboxylic acids is 1. The second kappa shape index (κ2) is 5.48. The van der Waals surface area contributed by atoms with Crippen molar-refractivity contribution < 1.29 is 23.1 Å². The molecule has 1 aromatic rings. The van der Waals surface area contributed by atoms with E-state index in [0.29, 0.717) is 5.56 Å². The van der Waals surface area contributed by atoms with E-state index in [1.165, 1.54) is 17.0 Å². The Bertz CT molecular complexity index is 691. The second-order valence-electron chi connectivity index (χ2n) is 5.28. The fourth-order valence-corrected chi connectivity index (χ4v) is 3.31. The normalized spacial score (nSPS) is 14.8. The third-order valence-electron chi connectivity index (χ3n) is 3.60. The highest BCUT2D eigenvalue weighted by atomic mass is 32.2. The number of sulfone groups is 1. The van der Waals surface area contributed by atoms with Crippen LogP contribution in [-0.4, -0.2) is 49.1 Å². The van der Waals surface area contributed by atoms with Gasteiger partial charge >= 0.3 is 5.97 Å². The summed E-state index contributed by atoms with van der Waals surface area (Å²) in [5.41, 5.74) is 0.405. The molecule has 0 heterocycles. The van der Waals surface area contributed by atoms with Crippen LogP contribution in [0, 0.1) is 6.92 Å². The zero-order valence-corrected chi connectivity index (χ0v) is 12.7. The van der Waals surface area contributed by atoms with Gasteiger partial charge in [0, 0.05) is 13.1 Å². The maximum absolute atomic E-state index is 12.2. The van der Waals surface area contributed by atoms with Crippen LogP contribution in [-0.2, 0) is 14.6 Å². The maximum Gasteiger partial charge on any atom is 0.335 e. The van der Waals surface area contributed by atoms with E-state index in [1.54, 1.807) is 14.0 Å². The van der Waals surface area contributed by atoms with Gasteiger partial charge in [0.1, 0.15) is 5.75 Å². The number of carboxylic acids is 1. The average Bonchev–Trinajstić information content (AvgIpc) is 3.21. The van der Waals surface area contributed by atoms with E-state index < -0.39 is 27.5 Å². The zero-order chi connectivity index (χ0) is 15.8. The zero-order valence-electron chi connectivity index (χ0n) is 11.9. The molecule has 1 N–H and O–H groups in total. The summed E-state index contributed by atoms with van der Waals surface area (Å²) in [6.07, 6.45) is 1.80. The van der Waals surface area contributed by atoms with Gasteiger partial charge in [-0.15, -0.1) is 0 Å². The smallest absolute Gasteiger partial charge is 0.335 e. The molecule has 2 rings (SSSR count). The molecular weight excluding hydrogens is 294 g/mol. The molecule has 0 radical (unpaired) electrons. The number of carbonyl (C=O) groups is 2. The Morgan fingerprint density at radius 2 is 1.95 bits per heavy atom. The van der Waals surface area contributed by atoms with Crippen LogP contribution in [0.2, 0.25) is 0 Å². The van der Waals surface area contributed by atoms with Crippen molar-refractivity contribution in [2.75, 3.05) is 12.8 Å². The molecule has 0 atom stereocenters. The molecule has 0 saturated heterocycles. The number of amides is 1. The first-order valence-electron chi connectivity index (χ1n) is 6.55. The Labute approximate surface area is 123 Å². The van der Waals surface area contributed by atoms with E-state index in [1.807, 2.05) is 0 Å². The average molecular weight is 311 g/mol. The first-order chi connectivity index (χ1) is 9.72. The number of rotatable bonds is 5. The molecule has 7 heteroatoms. The predicted molar refractivity (Wildman–Crippen MR) is 76.0 cm³/mol. The van der Waals surface area contributed by atoms with Crippen LogP contribution in [0.1, 0.15) is 28.8 Å². The monoisotopic (exact) mass is 311 g/mol. The highest BCUT2D eigenvalue weighted by Crippen LogP contribution is 2.26. The minimum absolute atomic E-state index is 0.0703. The van der Waals surface area contributed by atoms with Gasteiger partial charge in [-0.1, -0.05) is 6.07 Å². The van der Waals surface area contributed by atoms with E-state index in [0.717, 1.165) is 18.9 Å². The first kappa shape index (κ1) is 15.5. The van der Waals surface area contributed by atoms with Gasteiger partial charge in [-0.3, -0.25) is 4.79 Å². The minimum Gasteiger partial charge on any atom is -0.478 e. The molecule has 1 fully saturated rings. The molecule has 0 unspecified atom stereocenters. The molecule has 21 heavy (non-hydrogen) atoms. The number of aryl methyl sites for hydroxylation is 1. The molecule has 0 spiro atoms. The van der Waals surface area contributed by atoms with Gasteiger partial charge in [-0.05, 0) is 37.5 Å². The number of hydrogen-bond donors (Lipinski definition) is 1. The molecule has 1 aliphatic rings. The summed E-state index contributed by atoms with van der Waals surface area (Å²) < 4.78 is 24.5. The summed E-state index contributed by atoms with van der Waals surface area (Å²) in [5.74, 6) is -2.29. The van der Waals surface area contributed by atoms with Crippen molar-refractivity contribution in [1.29, 1.82) is 0 Å². The van der Waals surface area contributed by atoms with Crippen LogP contribution in [0.4, 0.5) is 0 Å². The van der Waals surface area contributed by atoms with Crippen molar-refractivity contribution in [3.8, 4) is 0 Å². The maximum atomic E-state index is 12.2. The minimum atomic E-state index is -3.84. The Morgan fingerprint density at radius 3 is 2.48 bits per heavy atom. The van der Waals surface area contributed by atoms with Crippen LogP contribution in [0.3, 0.4) is 0 Å². The van der Waals surface area contributed by atoms with Crippen molar-refractivity contribution in [3.63, 3.8) is 0 Å². The summed E-state index contributed by atoms with van der Waals surface area (Å²) in [6, 6.07) is 4.02. The molecule has 0 bridgehead atoms. The number of hydrogen-bond acceptors (Lipinski definition) is 4. The largest absolute Gasteiger partial charge is 0.478 e. The predicted octanol–water partition coefficient (Wildman–Crippen LogP) is 1.09. The first-order valence-corrected chi connectivity index (χ1v) is 8.20. The molecule has 1 saturated carbocycles. The molecule has 1 amide bonds. The quantitative estimate of drug-likeness (QED) is 0.878. The summed E-state index contributed by atoms with van der Waals surface area (Å²) in [7, 11) is -2.25. The van der Waals surface area contributed by atoms with Gasteiger partial charge in [0.05, 0.1) is 10.5 Å². The van der Waals surface area contributed by atoms with Crippen molar-refractivity contribution in [3.05, 3.63) is 29.3 Å². The van der Waals surface area contributed by atoms with Gasteiger partial charge in [0.2, 0.25) is 5.91 Å². The lowest BCUT2D eigenvalue weighted by atomic mass is 10.1. The van der Waals surface area contributed by atoms with E-state index in [9.17, 15) is 18.0 Å². The summed E-state index contributed by atoms with van der Waals surface area (Å²) in [4.78, 5) is 24.3.